The van der Waals surface area contributed by atoms with E-state index < -0.39 is 0 Å². The van der Waals surface area contributed by atoms with Crippen molar-refractivity contribution in [3.63, 3.8) is 0 Å². The van der Waals surface area contributed by atoms with E-state index in [1.165, 1.54) is 0 Å². The van der Waals surface area contributed by atoms with Crippen molar-refractivity contribution in [2.24, 2.45) is 0 Å². The number of rotatable bonds is 5. The van der Waals surface area contributed by atoms with Crippen LogP contribution in [-0.2, 0) is 6.54 Å². The van der Waals surface area contributed by atoms with E-state index >= 15 is 0 Å². The minimum atomic E-state index is -0.369. The zero-order valence-corrected chi connectivity index (χ0v) is 12.1. The minimum Gasteiger partial charge on any atom is -0.486 e. The monoisotopic (exact) mass is 283 g/mol. The minimum absolute atomic E-state index is 0.120. The molecule has 0 heterocycles. The molecule has 106 valence electrons. The van der Waals surface area contributed by atoms with Gasteiger partial charge in [-0.1, -0.05) is 31.0 Å². The summed E-state index contributed by atoms with van der Waals surface area (Å²) >= 11 is 6.24. The molecular weight excluding hydrogens is 262 g/mol. The Morgan fingerprint density at radius 1 is 1.37 bits per heavy atom. The average molecular weight is 284 g/mol. The summed E-state index contributed by atoms with van der Waals surface area (Å²) in [6.45, 7) is 3.82. The van der Waals surface area contributed by atoms with Crippen molar-refractivity contribution >= 4 is 11.6 Å². The van der Waals surface area contributed by atoms with E-state index in [0.717, 1.165) is 44.3 Å². The van der Waals surface area contributed by atoms with Gasteiger partial charge >= 0.3 is 0 Å². The van der Waals surface area contributed by atoms with E-state index in [-0.39, 0.29) is 12.2 Å². The zero-order chi connectivity index (χ0) is 13.7. The highest BCUT2D eigenvalue weighted by Crippen LogP contribution is 2.30. The lowest BCUT2D eigenvalue weighted by molar-refractivity contribution is 0.00692. The Hall–Kier alpha value is -0.770. The maximum Gasteiger partial charge on any atom is 0.138 e. The first-order valence-electron chi connectivity index (χ1n) is 7.04. The van der Waals surface area contributed by atoms with Crippen LogP contribution in [0.25, 0.3) is 0 Å². The smallest absolute Gasteiger partial charge is 0.138 e. The Balaban J connectivity index is 2.00. The van der Waals surface area contributed by atoms with Gasteiger partial charge in [-0.15, -0.1) is 0 Å². The lowest BCUT2D eigenvalue weighted by Gasteiger charge is -2.28. The molecule has 4 heteroatoms. The Bertz CT molecular complexity index is 411. The molecule has 1 saturated carbocycles. The summed E-state index contributed by atoms with van der Waals surface area (Å²) in [6, 6.07) is 5.84. The molecule has 1 aromatic carbocycles. The van der Waals surface area contributed by atoms with Gasteiger partial charge in [0.25, 0.3) is 0 Å². The first-order valence-corrected chi connectivity index (χ1v) is 7.42. The van der Waals surface area contributed by atoms with Gasteiger partial charge in [0.1, 0.15) is 11.9 Å². The standard InChI is InChI=1S/C15H22ClNO2/c1-2-17-10-11-7-8-14(12(16)9-11)19-15-6-4-3-5-13(15)18/h7-9,13,15,17-18H,2-6,10H2,1H3. The molecule has 2 rings (SSSR count). The van der Waals surface area contributed by atoms with E-state index in [1.54, 1.807) is 0 Å². The Kier molecular flexibility index (Phi) is 5.49. The number of aliphatic hydroxyl groups excluding tert-OH is 1. The largest absolute Gasteiger partial charge is 0.486 e. The molecule has 0 radical (unpaired) electrons. The molecule has 0 aromatic heterocycles. The summed E-state index contributed by atoms with van der Waals surface area (Å²) in [4.78, 5) is 0. The Morgan fingerprint density at radius 2 is 2.16 bits per heavy atom. The SMILES string of the molecule is CCNCc1ccc(OC2CCCCC2O)c(Cl)c1. The molecule has 0 saturated heterocycles. The third-order valence-electron chi connectivity index (χ3n) is 3.52. The van der Waals surface area contributed by atoms with Crippen molar-refractivity contribution in [1.82, 2.24) is 5.32 Å². The number of hydrogen-bond donors (Lipinski definition) is 2. The van der Waals surface area contributed by atoms with Gasteiger partial charge in [0, 0.05) is 6.54 Å². The van der Waals surface area contributed by atoms with E-state index in [0.29, 0.717) is 10.8 Å². The van der Waals surface area contributed by atoms with Gasteiger partial charge in [-0.2, -0.15) is 0 Å². The molecule has 1 aliphatic carbocycles. The van der Waals surface area contributed by atoms with Gasteiger partial charge in [0.15, 0.2) is 0 Å². The molecular formula is C15H22ClNO2. The number of hydrogen-bond acceptors (Lipinski definition) is 3. The quantitative estimate of drug-likeness (QED) is 0.872. The van der Waals surface area contributed by atoms with Gasteiger partial charge in [-0.25, -0.2) is 0 Å². The van der Waals surface area contributed by atoms with Gasteiger partial charge in [-0.3, -0.25) is 0 Å². The Labute approximate surface area is 119 Å². The van der Waals surface area contributed by atoms with Gasteiger partial charge in [0.2, 0.25) is 0 Å². The van der Waals surface area contributed by atoms with Crippen LogP contribution in [0.15, 0.2) is 18.2 Å². The van der Waals surface area contributed by atoms with Crippen molar-refractivity contribution in [2.45, 2.75) is 51.4 Å². The van der Waals surface area contributed by atoms with Crippen molar-refractivity contribution < 1.29 is 9.84 Å². The topological polar surface area (TPSA) is 41.5 Å². The van der Waals surface area contributed by atoms with Crippen LogP contribution in [0.5, 0.6) is 5.75 Å². The molecule has 2 N–H and O–H groups in total. The van der Waals surface area contributed by atoms with Gasteiger partial charge in [-0.05, 0) is 43.5 Å². The van der Waals surface area contributed by atoms with Gasteiger partial charge < -0.3 is 15.2 Å². The summed E-state index contributed by atoms with van der Waals surface area (Å²) in [5.41, 5.74) is 1.14. The highest BCUT2D eigenvalue weighted by molar-refractivity contribution is 6.32. The highest BCUT2D eigenvalue weighted by atomic mass is 35.5. The third-order valence-corrected chi connectivity index (χ3v) is 3.82. The number of ether oxygens (including phenoxy) is 1. The first kappa shape index (κ1) is 14.6. The van der Waals surface area contributed by atoms with Crippen LogP contribution < -0.4 is 10.1 Å². The fourth-order valence-corrected chi connectivity index (χ4v) is 2.64. The highest BCUT2D eigenvalue weighted by Gasteiger charge is 2.25. The number of benzene rings is 1. The fourth-order valence-electron chi connectivity index (χ4n) is 2.40. The van der Waals surface area contributed by atoms with Crippen LogP contribution in [-0.4, -0.2) is 23.9 Å². The van der Waals surface area contributed by atoms with E-state index in [9.17, 15) is 5.11 Å². The van der Waals surface area contributed by atoms with E-state index in [1.807, 2.05) is 18.2 Å². The van der Waals surface area contributed by atoms with Crippen molar-refractivity contribution in [2.75, 3.05) is 6.54 Å². The average Bonchev–Trinajstić information content (AvgIpc) is 2.41. The summed E-state index contributed by atoms with van der Waals surface area (Å²) in [6.07, 6.45) is 3.42. The normalized spacial score (nSPS) is 23.3. The van der Waals surface area contributed by atoms with Crippen LogP contribution in [0, 0.1) is 0 Å². The summed E-state index contributed by atoms with van der Waals surface area (Å²) < 4.78 is 5.86. The predicted octanol–water partition coefficient (Wildman–Crippen LogP) is 3.13. The van der Waals surface area contributed by atoms with Crippen LogP contribution in [0.2, 0.25) is 5.02 Å². The zero-order valence-electron chi connectivity index (χ0n) is 11.4. The maximum atomic E-state index is 9.91. The number of nitrogens with one attached hydrogen (secondary N) is 1. The second-order valence-corrected chi connectivity index (χ2v) is 5.46. The van der Waals surface area contributed by atoms with Crippen LogP contribution >= 0.6 is 11.6 Å². The summed E-state index contributed by atoms with van der Waals surface area (Å²) in [5, 5.41) is 13.8. The molecule has 3 nitrogen and oxygen atoms in total. The lowest BCUT2D eigenvalue weighted by Crippen LogP contribution is -2.34. The Morgan fingerprint density at radius 3 is 2.84 bits per heavy atom. The predicted molar refractivity (Wildman–Crippen MR) is 77.7 cm³/mol. The molecule has 2 atom stereocenters. The van der Waals surface area contributed by atoms with E-state index in [2.05, 4.69) is 12.2 Å². The molecule has 1 aliphatic rings. The second-order valence-electron chi connectivity index (χ2n) is 5.05. The maximum absolute atomic E-state index is 9.91. The van der Waals surface area contributed by atoms with Crippen LogP contribution in [0.1, 0.15) is 38.2 Å². The van der Waals surface area contributed by atoms with Crippen molar-refractivity contribution in [1.29, 1.82) is 0 Å². The van der Waals surface area contributed by atoms with Crippen LogP contribution in [0.4, 0.5) is 0 Å². The molecule has 2 unspecified atom stereocenters. The fraction of sp³-hybridized carbons (Fsp3) is 0.600. The van der Waals surface area contributed by atoms with E-state index in [4.69, 9.17) is 16.3 Å². The number of halogens is 1. The summed E-state index contributed by atoms with van der Waals surface area (Å²) in [7, 11) is 0. The molecule has 0 aliphatic heterocycles. The molecule has 1 aromatic rings. The van der Waals surface area contributed by atoms with Gasteiger partial charge in [0.05, 0.1) is 11.1 Å². The first-order chi connectivity index (χ1) is 9.20. The molecule has 0 bridgehead atoms. The molecule has 19 heavy (non-hydrogen) atoms. The molecule has 1 fully saturated rings. The molecule has 0 spiro atoms. The number of aliphatic hydroxyl groups is 1. The summed E-state index contributed by atoms with van der Waals surface area (Å²) in [5.74, 6) is 0.674. The second kappa shape index (κ2) is 7.13. The van der Waals surface area contributed by atoms with Crippen molar-refractivity contribution in [3.8, 4) is 5.75 Å². The van der Waals surface area contributed by atoms with Crippen molar-refractivity contribution in [3.05, 3.63) is 28.8 Å². The molecule has 0 amide bonds. The van der Waals surface area contributed by atoms with Crippen LogP contribution in [0.3, 0.4) is 0 Å². The lowest BCUT2D eigenvalue weighted by atomic mass is 9.95. The third kappa shape index (κ3) is 4.10.